The molecule has 0 aliphatic heterocycles. The number of nitro groups is 1. The van der Waals surface area contributed by atoms with Crippen LogP contribution in [0, 0.1) is 21.4 Å². The molecule has 0 fully saturated rings. The third-order valence-corrected chi connectivity index (χ3v) is 5.70. The van der Waals surface area contributed by atoms with Crippen molar-refractivity contribution < 1.29 is 22.8 Å². The lowest BCUT2D eigenvalue weighted by atomic mass is 10.2. The first-order valence-electron chi connectivity index (χ1n) is 10.7. The van der Waals surface area contributed by atoms with E-state index in [9.17, 15) is 23.8 Å². The molecule has 1 heterocycles. The van der Waals surface area contributed by atoms with Crippen LogP contribution in [0.1, 0.15) is 11.1 Å². The second-order valence-corrected chi connectivity index (χ2v) is 9.61. The summed E-state index contributed by atoms with van der Waals surface area (Å²) in [7, 11) is -3.97. The Bertz CT molecular complexity index is 1590. The van der Waals surface area contributed by atoms with Crippen LogP contribution in [0.3, 0.4) is 0 Å². The van der Waals surface area contributed by atoms with Gasteiger partial charge in [-0.05, 0) is 29.8 Å². The van der Waals surface area contributed by atoms with Gasteiger partial charge in [0.05, 0.1) is 16.6 Å². The fraction of sp³-hybridized carbons (Fsp3) is 0.0800. The molecule has 186 valence electrons. The summed E-state index contributed by atoms with van der Waals surface area (Å²) in [6.45, 7) is 0.125. The van der Waals surface area contributed by atoms with Gasteiger partial charge in [0.25, 0.3) is 5.16 Å². The highest BCUT2D eigenvalue weighted by Crippen LogP contribution is 2.37. The molecule has 3 aromatic carbocycles. The van der Waals surface area contributed by atoms with Gasteiger partial charge in [-0.2, -0.15) is 15.2 Å². The van der Waals surface area contributed by atoms with Crippen LogP contribution in [0.5, 0.6) is 23.1 Å². The molecule has 11 nitrogen and oxygen atoms in total. The predicted molar refractivity (Wildman–Crippen MR) is 133 cm³/mol. The Morgan fingerprint density at radius 1 is 0.946 bits per heavy atom. The number of hydrogen-bond donors (Lipinski definition) is 1. The number of benzene rings is 3. The summed E-state index contributed by atoms with van der Waals surface area (Å²) in [5.41, 5.74) is 0.255. The molecule has 12 heteroatoms. The first-order chi connectivity index (χ1) is 17.7. The molecule has 1 aromatic heterocycles. The van der Waals surface area contributed by atoms with Crippen molar-refractivity contribution in [1.82, 2.24) is 9.97 Å². The molecule has 0 aliphatic carbocycles. The maximum atomic E-state index is 12.3. The number of nitrogens with one attached hydrogen (secondary N) is 1. The van der Waals surface area contributed by atoms with Crippen LogP contribution in [0.25, 0.3) is 0 Å². The summed E-state index contributed by atoms with van der Waals surface area (Å²) in [5.74, 6) is -0.264. The maximum absolute atomic E-state index is 12.3. The van der Waals surface area contributed by atoms with Gasteiger partial charge < -0.3 is 14.8 Å². The molecule has 0 saturated heterocycles. The minimum Gasteiger partial charge on any atom is -0.457 e. The number of rotatable bonds is 9. The largest absolute Gasteiger partial charge is 0.457 e. The fourth-order valence-electron chi connectivity index (χ4n) is 3.21. The Labute approximate surface area is 212 Å². The molecule has 0 spiro atoms. The number of para-hydroxylation sites is 1. The van der Waals surface area contributed by atoms with Crippen LogP contribution < -0.4 is 14.8 Å². The first-order valence-corrected chi connectivity index (χ1v) is 12.6. The molecular weight excluding hydrogens is 498 g/mol. The molecule has 0 unspecified atom stereocenters. The van der Waals surface area contributed by atoms with E-state index in [1.165, 1.54) is 18.2 Å². The zero-order valence-electron chi connectivity index (χ0n) is 19.4. The Kier molecular flexibility index (Phi) is 7.26. The van der Waals surface area contributed by atoms with E-state index in [1.54, 1.807) is 48.5 Å². The lowest BCUT2D eigenvalue weighted by Gasteiger charge is -2.13. The SMILES string of the molecule is CS(=O)(=O)c1nc(NCc2ccccc2)c([N+](=O)[O-])c(Oc2cc(C#N)cc(Oc3ccccc3)c2)n1. The Morgan fingerprint density at radius 3 is 2.16 bits per heavy atom. The molecule has 0 bridgehead atoms. The second-order valence-electron chi connectivity index (χ2n) is 7.70. The number of aromatic nitrogens is 2. The van der Waals surface area contributed by atoms with Crippen molar-refractivity contribution in [2.24, 2.45) is 0 Å². The van der Waals surface area contributed by atoms with Crippen molar-refractivity contribution >= 4 is 21.3 Å². The highest BCUT2D eigenvalue weighted by Gasteiger charge is 2.30. The maximum Gasteiger partial charge on any atom is 0.373 e. The van der Waals surface area contributed by atoms with Gasteiger partial charge in [-0.1, -0.05) is 48.5 Å². The van der Waals surface area contributed by atoms with E-state index in [0.717, 1.165) is 11.8 Å². The van der Waals surface area contributed by atoms with Crippen LogP contribution in [-0.2, 0) is 16.4 Å². The standard InChI is InChI=1S/C25H19N5O6S/c1-37(33,34)25-28-23(27-16-17-8-4-2-5-9-17)22(30(31)32)24(29-25)36-21-13-18(15-26)12-20(14-21)35-19-10-6-3-7-11-19/h2-14H,16H2,1H3,(H,27,28,29). The summed E-state index contributed by atoms with van der Waals surface area (Å²) in [6.07, 6.45) is 0.876. The highest BCUT2D eigenvalue weighted by molar-refractivity contribution is 7.90. The van der Waals surface area contributed by atoms with Crippen molar-refractivity contribution in [2.75, 3.05) is 11.6 Å². The lowest BCUT2D eigenvalue weighted by molar-refractivity contribution is -0.385. The van der Waals surface area contributed by atoms with E-state index >= 15 is 0 Å². The number of ether oxygens (including phenoxy) is 2. The topological polar surface area (TPSA) is 157 Å². The number of nitrogens with zero attached hydrogens (tertiary/aromatic N) is 4. The number of hydrogen-bond acceptors (Lipinski definition) is 10. The summed E-state index contributed by atoms with van der Waals surface area (Å²) >= 11 is 0. The molecule has 4 rings (SSSR count). The third kappa shape index (κ3) is 6.36. The van der Waals surface area contributed by atoms with Crippen molar-refractivity contribution in [3.8, 4) is 29.2 Å². The zero-order chi connectivity index (χ0) is 26.4. The Hall–Kier alpha value is -5.02. The van der Waals surface area contributed by atoms with Crippen molar-refractivity contribution in [1.29, 1.82) is 5.26 Å². The Morgan fingerprint density at radius 2 is 1.57 bits per heavy atom. The van der Waals surface area contributed by atoms with Gasteiger partial charge in [-0.25, -0.2) is 8.42 Å². The van der Waals surface area contributed by atoms with Crippen molar-refractivity contribution in [3.05, 3.63) is 100 Å². The molecule has 0 saturated carbocycles. The average molecular weight is 518 g/mol. The number of anilines is 1. The normalized spacial score (nSPS) is 10.8. The van der Waals surface area contributed by atoms with Crippen LogP contribution in [-0.4, -0.2) is 29.6 Å². The Balaban J connectivity index is 1.76. The second kappa shape index (κ2) is 10.7. The molecular formula is C25H19N5O6S. The molecule has 37 heavy (non-hydrogen) atoms. The predicted octanol–water partition coefficient (Wildman–Crippen LogP) is 4.86. The first kappa shape index (κ1) is 25.1. The summed E-state index contributed by atoms with van der Waals surface area (Å²) < 4.78 is 36.0. The quantitative estimate of drug-likeness (QED) is 0.185. The average Bonchev–Trinajstić information content (AvgIpc) is 2.87. The van der Waals surface area contributed by atoms with Crippen LogP contribution in [0.2, 0.25) is 0 Å². The van der Waals surface area contributed by atoms with Crippen molar-refractivity contribution in [3.63, 3.8) is 0 Å². The molecule has 0 atom stereocenters. The fourth-order valence-corrected chi connectivity index (χ4v) is 3.72. The van der Waals surface area contributed by atoms with Crippen LogP contribution in [0.4, 0.5) is 11.5 Å². The van der Waals surface area contributed by atoms with Crippen molar-refractivity contribution in [2.45, 2.75) is 11.7 Å². The van der Waals surface area contributed by atoms with Gasteiger partial charge in [0.15, 0.2) is 0 Å². The van der Waals surface area contributed by atoms with Gasteiger partial charge >= 0.3 is 11.6 Å². The van der Waals surface area contributed by atoms with E-state index in [0.29, 0.717) is 5.75 Å². The minimum atomic E-state index is -3.97. The molecule has 0 aliphatic rings. The number of nitriles is 1. The summed E-state index contributed by atoms with van der Waals surface area (Å²) in [5, 5.41) is 23.6. The number of sulfone groups is 1. The smallest absolute Gasteiger partial charge is 0.373 e. The summed E-state index contributed by atoms with van der Waals surface area (Å²) in [6, 6.07) is 23.9. The molecule has 0 radical (unpaired) electrons. The minimum absolute atomic E-state index is 0.0276. The van der Waals surface area contributed by atoms with E-state index in [4.69, 9.17) is 9.47 Å². The lowest BCUT2D eigenvalue weighted by Crippen LogP contribution is -2.12. The van der Waals surface area contributed by atoms with Gasteiger partial charge in [0.2, 0.25) is 15.7 Å². The van der Waals surface area contributed by atoms with E-state index in [1.807, 2.05) is 18.2 Å². The molecule has 1 N–H and O–H groups in total. The molecule has 4 aromatic rings. The van der Waals surface area contributed by atoms with E-state index < -0.39 is 31.5 Å². The zero-order valence-corrected chi connectivity index (χ0v) is 20.2. The van der Waals surface area contributed by atoms with Crippen LogP contribution in [0.15, 0.2) is 84.0 Å². The third-order valence-electron chi connectivity index (χ3n) is 4.85. The van der Waals surface area contributed by atoms with Gasteiger partial charge in [-0.3, -0.25) is 10.1 Å². The van der Waals surface area contributed by atoms with E-state index in [-0.39, 0.29) is 29.4 Å². The van der Waals surface area contributed by atoms with Crippen LogP contribution >= 0.6 is 0 Å². The van der Waals surface area contributed by atoms with Gasteiger partial charge in [-0.15, -0.1) is 0 Å². The van der Waals surface area contributed by atoms with E-state index in [2.05, 4.69) is 15.3 Å². The molecule has 0 amide bonds. The monoisotopic (exact) mass is 517 g/mol. The highest BCUT2D eigenvalue weighted by atomic mass is 32.2. The van der Waals surface area contributed by atoms with Gasteiger partial charge in [0, 0.05) is 18.9 Å². The summed E-state index contributed by atoms with van der Waals surface area (Å²) in [4.78, 5) is 18.9. The van der Waals surface area contributed by atoms with Gasteiger partial charge in [0.1, 0.15) is 17.2 Å².